The highest BCUT2D eigenvalue weighted by molar-refractivity contribution is 5.55. The number of anilines is 1. The molecule has 1 aliphatic carbocycles. The molecule has 0 spiro atoms. The number of benzene rings is 1. The van der Waals surface area contributed by atoms with Gasteiger partial charge in [-0.2, -0.15) is 0 Å². The van der Waals surface area contributed by atoms with Crippen LogP contribution in [0.15, 0.2) is 24.3 Å². The molecule has 1 aromatic rings. The molecular weight excluding hydrogens is 244 g/mol. The van der Waals surface area contributed by atoms with E-state index in [1.54, 1.807) is 0 Å². The van der Waals surface area contributed by atoms with Crippen LogP contribution in [0.3, 0.4) is 0 Å². The van der Waals surface area contributed by atoms with Crippen molar-refractivity contribution in [1.29, 1.82) is 0 Å². The molecule has 0 atom stereocenters. The Morgan fingerprint density at radius 3 is 2.65 bits per heavy atom. The van der Waals surface area contributed by atoms with Crippen molar-refractivity contribution < 1.29 is 0 Å². The number of aryl methyl sites for hydroxylation is 1. The number of hydrogen-bond donors (Lipinski definition) is 1. The summed E-state index contributed by atoms with van der Waals surface area (Å²) in [5.74, 6) is 0. The molecule has 1 aliphatic heterocycles. The Bertz CT molecular complexity index is 435. The highest BCUT2D eigenvalue weighted by Crippen LogP contribution is 2.39. The minimum absolute atomic E-state index is 0.435. The summed E-state index contributed by atoms with van der Waals surface area (Å²) >= 11 is 0. The Morgan fingerprint density at radius 2 is 1.85 bits per heavy atom. The molecule has 0 aromatic heterocycles. The van der Waals surface area contributed by atoms with E-state index in [1.165, 1.54) is 75.7 Å². The first-order valence-electron chi connectivity index (χ1n) is 8.36. The fourth-order valence-electron chi connectivity index (χ4n) is 4.07. The third kappa shape index (κ3) is 2.85. The Morgan fingerprint density at radius 1 is 1.05 bits per heavy atom. The van der Waals surface area contributed by atoms with Crippen LogP contribution in [0.1, 0.15) is 50.5 Å². The average Bonchev–Trinajstić information content (AvgIpc) is 2.54. The van der Waals surface area contributed by atoms with Gasteiger partial charge in [0.2, 0.25) is 0 Å². The highest BCUT2D eigenvalue weighted by Gasteiger charge is 2.31. The average molecular weight is 272 g/mol. The summed E-state index contributed by atoms with van der Waals surface area (Å²) in [6.45, 7) is 3.29. The summed E-state index contributed by atoms with van der Waals surface area (Å²) in [5.41, 5.74) is 9.57. The third-order valence-electron chi connectivity index (χ3n) is 5.47. The molecular formula is C18H28N2. The predicted octanol–water partition coefficient (Wildman–Crippen LogP) is 3.74. The van der Waals surface area contributed by atoms with Gasteiger partial charge in [0.1, 0.15) is 0 Å². The van der Waals surface area contributed by atoms with Gasteiger partial charge in [-0.25, -0.2) is 0 Å². The van der Waals surface area contributed by atoms with Crippen LogP contribution in [0, 0.1) is 5.41 Å². The van der Waals surface area contributed by atoms with E-state index in [0.717, 1.165) is 6.54 Å². The minimum atomic E-state index is 0.435. The molecule has 1 saturated carbocycles. The monoisotopic (exact) mass is 272 g/mol. The van der Waals surface area contributed by atoms with Gasteiger partial charge in [0, 0.05) is 18.8 Å². The molecule has 0 amide bonds. The molecule has 110 valence electrons. The maximum absolute atomic E-state index is 6.13. The van der Waals surface area contributed by atoms with Crippen LogP contribution in [-0.4, -0.2) is 19.6 Å². The number of para-hydroxylation sites is 1. The van der Waals surface area contributed by atoms with E-state index in [0.29, 0.717) is 5.41 Å². The number of fused-ring (bicyclic) bond motifs is 1. The molecule has 2 nitrogen and oxygen atoms in total. The second-order valence-corrected chi connectivity index (χ2v) is 6.73. The quantitative estimate of drug-likeness (QED) is 0.904. The van der Waals surface area contributed by atoms with Gasteiger partial charge < -0.3 is 10.6 Å². The van der Waals surface area contributed by atoms with Gasteiger partial charge in [0.05, 0.1) is 0 Å². The molecule has 1 aromatic carbocycles. The Kier molecular flexibility index (Phi) is 4.30. The van der Waals surface area contributed by atoms with Gasteiger partial charge in [-0.3, -0.25) is 0 Å². The topological polar surface area (TPSA) is 29.3 Å². The fourth-order valence-corrected chi connectivity index (χ4v) is 4.07. The predicted molar refractivity (Wildman–Crippen MR) is 86.2 cm³/mol. The molecule has 0 unspecified atom stereocenters. The lowest BCUT2D eigenvalue weighted by Gasteiger charge is -2.39. The maximum atomic E-state index is 6.13. The van der Waals surface area contributed by atoms with E-state index >= 15 is 0 Å². The van der Waals surface area contributed by atoms with Crippen molar-refractivity contribution in [3.8, 4) is 0 Å². The lowest BCUT2D eigenvalue weighted by Crippen LogP contribution is -2.38. The van der Waals surface area contributed by atoms with Crippen molar-refractivity contribution in [2.45, 2.75) is 51.4 Å². The van der Waals surface area contributed by atoms with Crippen LogP contribution in [0.4, 0.5) is 5.69 Å². The van der Waals surface area contributed by atoms with Gasteiger partial charge in [-0.15, -0.1) is 0 Å². The third-order valence-corrected chi connectivity index (χ3v) is 5.47. The molecule has 1 heterocycles. The smallest absolute Gasteiger partial charge is 0.0398 e. The summed E-state index contributed by atoms with van der Waals surface area (Å²) in [6.07, 6.45) is 10.7. The molecule has 3 rings (SSSR count). The largest absolute Gasteiger partial charge is 0.371 e. The number of hydrogen-bond acceptors (Lipinski definition) is 2. The van der Waals surface area contributed by atoms with Crippen LogP contribution in [0.2, 0.25) is 0 Å². The van der Waals surface area contributed by atoms with E-state index < -0.39 is 0 Å². The van der Waals surface area contributed by atoms with E-state index in [2.05, 4.69) is 29.2 Å². The first-order valence-corrected chi connectivity index (χ1v) is 8.36. The van der Waals surface area contributed by atoms with Gasteiger partial charge in [0.25, 0.3) is 0 Å². The van der Waals surface area contributed by atoms with Crippen molar-refractivity contribution in [1.82, 2.24) is 0 Å². The molecule has 0 radical (unpaired) electrons. The van der Waals surface area contributed by atoms with Crippen molar-refractivity contribution in [2.75, 3.05) is 24.5 Å². The Balaban J connectivity index is 1.66. The van der Waals surface area contributed by atoms with Crippen LogP contribution in [0.5, 0.6) is 0 Å². The zero-order valence-electron chi connectivity index (χ0n) is 12.6. The van der Waals surface area contributed by atoms with Crippen LogP contribution in [-0.2, 0) is 6.42 Å². The molecule has 20 heavy (non-hydrogen) atoms. The van der Waals surface area contributed by atoms with E-state index in [-0.39, 0.29) is 0 Å². The summed E-state index contributed by atoms with van der Waals surface area (Å²) < 4.78 is 0. The first kappa shape index (κ1) is 13.9. The second kappa shape index (κ2) is 6.17. The normalized spacial score (nSPS) is 21.6. The maximum Gasteiger partial charge on any atom is 0.0398 e. The number of nitrogens with zero attached hydrogens (tertiary/aromatic N) is 1. The summed E-state index contributed by atoms with van der Waals surface area (Å²) in [7, 11) is 0. The first-order chi connectivity index (χ1) is 9.83. The molecule has 2 aliphatic rings. The Hall–Kier alpha value is -1.02. The minimum Gasteiger partial charge on any atom is -0.371 e. The van der Waals surface area contributed by atoms with Crippen LogP contribution in [0.25, 0.3) is 0 Å². The number of rotatable bonds is 4. The zero-order chi connectivity index (χ0) is 13.8. The van der Waals surface area contributed by atoms with E-state index in [9.17, 15) is 0 Å². The highest BCUT2D eigenvalue weighted by atomic mass is 15.1. The van der Waals surface area contributed by atoms with Crippen LogP contribution >= 0.6 is 0 Å². The standard InChI is InChI=1S/C18H28N2/c19-15-18(10-4-1-5-11-18)12-14-20-13-6-8-16-7-2-3-9-17(16)20/h2-3,7,9H,1,4-6,8,10-15,19H2. The Labute approximate surface area is 123 Å². The van der Waals surface area contributed by atoms with E-state index in [1.807, 2.05) is 0 Å². The van der Waals surface area contributed by atoms with Gasteiger partial charge in [-0.1, -0.05) is 37.5 Å². The summed E-state index contributed by atoms with van der Waals surface area (Å²) in [6, 6.07) is 8.94. The van der Waals surface area contributed by atoms with Crippen molar-refractivity contribution >= 4 is 5.69 Å². The lowest BCUT2D eigenvalue weighted by atomic mass is 9.72. The van der Waals surface area contributed by atoms with E-state index in [4.69, 9.17) is 5.73 Å². The van der Waals surface area contributed by atoms with Crippen molar-refractivity contribution in [2.24, 2.45) is 11.1 Å². The summed E-state index contributed by atoms with van der Waals surface area (Å²) in [5, 5.41) is 0. The number of nitrogens with two attached hydrogens (primary N) is 1. The van der Waals surface area contributed by atoms with Gasteiger partial charge >= 0.3 is 0 Å². The van der Waals surface area contributed by atoms with Crippen LogP contribution < -0.4 is 10.6 Å². The van der Waals surface area contributed by atoms with Gasteiger partial charge in [-0.05, 0) is 55.7 Å². The summed E-state index contributed by atoms with van der Waals surface area (Å²) in [4.78, 5) is 2.60. The van der Waals surface area contributed by atoms with Crippen molar-refractivity contribution in [3.05, 3.63) is 29.8 Å². The SMILES string of the molecule is NCC1(CCN2CCCc3ccccc32)CCCCC1. The second-order valence-electron chi connectivity index (χ2n) is 6.73. The fraction of sp³-hybridized carbons (Fsp3) is 0.667. The molecule has 2 heteroatoms. The molecule has 0 bridgehead atoms. The molecule has 1 fully saturated rings. The van der Waals surface area contributed by atoms with Gasteiger partial charge in [0.15, 0.2) is 0 Å². The molecule has 0 saturated heterocycles. The van der Waals surface area contributed by atoms with Crippen molar-refractivity contribution in [3.63, 3.8) is 0 Å². The lowest BCUT2D eigenvalue weighted by molar-refractivity contribution is 0.184. The molecule has 2 N–H and O–H groups in total. The zero-order valence-corrected chi connectivity index (χ0v) is 12.6.